The van der Waals surface area contributed by atoms with E-state index in [0.717, 1.165) is 30.7 Å². The van der Waals surface area contributed by atoms with E-state index < -0.39 is 0 Å². The number of nitrogens with zero attached hydrogens (tertiary/aromatic N) is 2. The Kier molecular flexibility index (Phi) is 4.33. The van der Waals surface area contributed by atoms with Crippen molar-refractivity contribution in [3.05, 3.63) is 16.6 Å². The number of amides is 1. The van der Waals surface area contributed by atoms with Gasteiger partial charge in [-0.3, -0.25) is 4.79 Å². The van der Waals surface area contributed by atoms with Crippen molar-refractivity contribution in [2.45, 2.75) is 37.8 Å². The SMILES string of the molecule is N[C@@H]1CCC[C@@H](C(=O)N2CCO[C@@H](c3nccs3)C2)C1. The number of morpholine rings is 1. The third kappa shape index (κ3) is 3.02. The first kappa shape index (κ1) is 14.0. The molecule has 1 aromatic rings. The Morgan fingerprint density at radius 1 is 1.50 bits per heavy atom. The van der Waals surface area contributed by atoms with E-state index in [2.05, 4.69) is 4.98 Å². The molecule has 1 saturated heterocycles. The molecule has 0 aromatic carbocycles. The van der Waals surface area contributed by atoms with Crippen molar-refractivity contribution >= 4 is 17.2 Å². The quantitative estimate of drug-likeness (QED) is 0.899. The maximum absolute atomic E-state index is 12.6. The second-order valence-corrected chi connectivity index (χ2v) is 6.56. The smallest absolute Gasteiger partial charge is 0.225 e. The molecule has 1 amide bonds. The normalized spacial score (nSPS) is 31.2. The average Bonchev–Trinajstić information content (AvgIpc) is 3.01. The van der Waals surface area contributed by atoms with Crippen LogP contribution in [-0.2, 0) is 9.53 Å². The molecule has 2 fully saturated rings. The van der Waals surface area contributed by atoms with Crippen LogP contribution in [0.5, 0.6) is 0 Å². The van der Waals surface area contributed by atoms with E-state index >= 15 is 0 Å². The van der Waals surface area contributed by atoms with E-state index in [1.54, 1.807) is 17.5 Å². The van der Waals surface area contributed by atoms with Crippen molar-refractivity contribution in [2.24, 2.45) is 11.7 Å². The van der Waals surface area contributed by atoms with Crippen LogP contribution in [-0.4, -0.2) is 41.5 Å². The number of hydrogen-bond donors (Lipinski definition) is 1. The number of rotatable bonds is 2. The lowest BCUT2D eigenvalue weighted by Gasteiger charge is -2.36. The lowest BCUT2D eigenvalue weighted by Crippen LogP contribution is -2.46. The molecule has 1 aromatic heterocycles. The number of aromatic nitrogens is 1. The Morgan fingerprint density at radius 3 is 3.15 bits per heavy atom. The van der Waals surface area contributed by atoms with E-state index in [1.165, 1.54) is 0 Å². The third-order valence-corrected chi connectivity index (χ3v) is 5.04. The van der Waals surface area contributed by atoms with Gasteiger partial charge in [-0.2, -0.15) is 0 Å². The predicted octanol–water partition coefficient (Wildman–Crippen LogP) is 1.56. The van der Waals surface area contributed by atoms with Gasteiger partial charge in [0, 0.05) is 30.1 Å². The van der Waals surface area contributed by atoms with Gasteiger partial charge in [-0.15, -0.1) is 11.3 Å². The Balaban J connectivity index is 1.63. The fourth-order valence-corrected chi connectivity index (χ4v) is 3.78. The van der Waals surface area contributed by atoms with Gasteiger partial charge in [0.05, 0.1) is 13.2 Å². The summed E-state index contributed by atoms with van der Waals surface area (Å²) >= 11 is 1.59. The summed E-state index contributed by atoms with van der Waals surface area (Å²) in [6, 6.07) is 0.188. The molecular weight excluding hydrogens is 274 g/mol. The number of carbonyl (C=O) groups is 1. The molecule has 6 heteroatoms. The Bertz CT molecular complexity index is 451. The highest BCUT2D eigenvalue weighted by atomic mass is 32.1. The highest BCUT2D eigenvalue weighted by Gasteiger charge is 2.33. The molecule has 2 aliphatic rings. The fraction of sp³-hybridized carbons (Fsp3) is 0.714. The van der Waals surface area contributed by atoms with Gasteiger partial charge in [-0.25, -0.2) is 4.98 Å². The van der Waals surface area contributed by atoms with E-state index in [-0.39, 0.29) is 24.0 Å². The van der Waals surface area contributed by atoms with Crippen LogP contribution < -0.4 is 5.73 Å². The standard InChI is InChI=1S/C14H21N3O2S/c15-11-3-1-2-10(8-11)14(18)17-5-6-19-12(9-17)13-16-4-7-20-13/h4,7,10-12H,1-3,5-6,8-9,15H2/t10-,11-,12-/m1/s1. The first-order valence-electron chi connectivity index (χ1n) is 7.29. The first-order valence-corrected chi connectivity index (χ1v) is 8.17. The second kappa shape index (κ2) is 6.20. The fourth-order valence-electron chi connectivity index (χ4n) is 3.10. The van der Waals surface area contributed by atoms with Crippen LogP contribution in [0.3, 0.4) is 0 Å². The first-order chi connectivity index (χ1) is 9.74. The minimum absolute atomic E-state index is 0.0648. The molecule has 2 N–H and O–H groups in total. The molecule has 1 saturated carbocycles. The van der Waals surface area contributed by atoms with Gasteiger partial charge in [-0.05, 0) is 19.3 Å². The molecule has 0 unspecified atom stereocenters. The van der Waals surface area contributed by atoms with Crippen LogP contribution >= 0.6 is 11.3 Å². The molecule has 5 nitrogen and oxygen atoms in total. The van der Waals surface area contributed by atoms with Gasteiger partial charge in [-0.1, -0.05) is 6.42 Å². The lowest BCUT2D eigenvalue weighted by atomic mass is 9.85. The van der Waals surface area contributed by atoms with E-state index in [9.17, 15) is 4.79 Å². The molecule has 0 radical (unpaired) electrons. The Labute approximate surface area is 123 Å². The van der Waals surface area contributed by atoms with Crippen LogP contribution in [0, 0.1) is 5.92 Å². The Hall–Kier alpha value is -0.980. The minimum Gasteiger partial charge on any atom is -0.367 e. The molecule has 3 rings (SSSR count). The third-order valence-electron chi connectivity index (χ3n) is 4.17. The zero-order chi connectivity index (χ0) is 13.9. The van der Waals surface area contributed by atoms with E-state index in [1.807, 2.05) is 10.3 Å². The zero-order valence-electron chi connectivity index (χ0n) is 11.5. The van der Waals surface area contributed by atoms with Crippen molar-refractivity contribution in [2.75, 3.05) is 19.7 Å². The molecule has 110 valence electrons. The van der Waals surface area contributed by atoms with Gasteiger partial charge in [0.25, 0.3) is 0 Å². The summed E-state index contributed by atoms with van der Waals surface area (Å²) < 4.78 is 5.74. The highest BCUT2D eigenvalue weighted by Crippen LogP contribution is 2.28. The molecule has 0 spiro atoms. The summed E-state index contributed by atoms with van der Waals surface area (Å²) in [6.07, 6.45) is 5.64. The molecule has 2 heterocycles. The van der Waals surface area contributed by atoms with Crippen molar-refractivity contribution in [3.8, 4) is 0 Å². The number of thiazole rings is 1. The predicted molar refractivity (Wildman–Crippen MR) is 77.3 cm³/mol. The number of carbonyl (C=O) groups excluding carboxylic acids is 1. The summed E-state index contributed by atoms with van der Waals surface area (Å²) in [6.45, 7) is 1.90. The molecule has 3 atom stereocenters. The molecular formula is C14H21N3O2S. The van der Waals surface area contributed by atoms with Crippen LogP contribution in [0.15, 0.2) is 11.6 Å². The summed E-state index contributed by atoms with van der Waals surface area (Å²) in [5, 5.41) is 2.91. The van der Waals surface area contributed by atoms with Crippen molar-refractivity contribution in [3.63, 3.8) is 0 Å². The molecule has 20 heavy (non-hydrogen) atoms. The van der Waals surface area contributed by atoms with Gasteiger partial charge >= 0.3 is 0 Å². The van der Waals surface area contributed by atoms with Crippen LogP contribution in [0.4, 0.5) is 0 Å². The van der Waals surface area contributed by atoms with Crippen molar-refractivity contribution in [1.29, 1.82) is 0 Å². The monoisotopic (exact) mass is 295 g/mol. The van der Waals surface area contributed by atoms with E-state index in [0.29, 0.717) is 19.7 Å². The maximum Gasteiger partial charge on any atom is 0.225 e. The van der Waals surface area contributed by atoms with E-state index in [4.69, 9.17) is 10.5 Å². The number of nitrogens with two attached hydrogens (primary N) is 1. The van der Waals surface area contributed by atoms with Gasteiger partial charge in [0.1, 0.15) is 11.1 Å². The van der Waals surface area contributed by atoms with Crippen LogP contribution in [0.2, 0.25) is 0 Å². The number of ether oxygens (including phenoxy) is 1. The van der Waals surface area contributed by atoms with Gasteiger partial charge in [0.15, 0.2) is 0 Å². The Morgan fingerprint density at radius 2 is 2.40 bits per heavy atom. The largest absolute Gasteiger partial charge is 0.367 e. The average molecular weight is 295 g/mol. The topological polar surface area (TPSA) is 68.5 Å². The lowest BCUT2D eigenvalue weighted by molar-refractivity contribution is -0.144. The zero-order valence-corrected chi connectivity index (χ0v) is 12.3. The molecule has 1 aliphatic heterocycles. The van der Waals surface area contributed by atoms with Gasteiger partial charge < -0.3 is 15.4 Å². The second-order valence-electron chi connectivity index (χ2n) is 5.64. The molecule has 0 bridgehead atoms. The number of hydrogen-bond acceptors (Lipinski definition) is 5. The van der Waals surface area contributed by atoms with Crippen molar-refractivity contribution < 1.29 is 9.53 Å². The van der Waals surface area contributed by atoms with Crippen molar-refractivity contribution in [1.82, 2.24) is 9.88 Å². The highest BCUT2D eigenvalue weighted by molar-refractivity contribution is 7.09. The summed E-state index contributed by atoms with van der Waals surface area (Å²) in [5.74, 6) is 0.360. The minimum atomic E-state index is -0.0648. The van der Waals surface area contributed by atoms with Gasteiger partial charge in [0.2, 0.25) is 5.91 Å². The summed E-state index contributed by atoms with van der Waals surface area (Å²) in [5.41, 5.74) is 5.99. The van der Waals surface area contributed by atoms with Crippen LogP contribution in [0.1, 0.15) is 36.8 Å². The van der Waals surface area contributed by atoms with Crippen LogP contribution in [0.25, 0.3) is 0 Å². The maximum atomic E-state index is 12.6. The molecule has 1 aliphatic carbocycles. The summed E-state index contributed by atoms with van der Waals surface area (Å²) in [4.78, 5) is 18.8. The summed E-state index contributed by atoms with van der Waals surface area (Å²) in [7, 11) is 0.